The normalized spacial score (nSPS) is 47.0. The van der Waals surface area contributed by atoms with Crippen LogP contribution in [0.5, 0.6) is 0 Å². The Morgan fingerprint density at radius 1 is 1.08 bits per heavy atom. The third kappa shape index (κ3) is 4.37. The van der Waals surface area contributed by atoms with Crippen molar-refractivity contribution in [2.45, 2.75) is 48.2 Å². The number of hydrogen-bond acceptors (Lipinski definition) is 10. The van der Waals surface area contributed by atoms with Crippen LogP contribution < -0.4 is 0 Å². The SMILES string of the molecule is O=S(=O)(O)O[C@H]1[C@H](O)[C@@H](O)C(O)O[C@@H]1C[S+]1C[C@@H](O)[C@H](O)[C@H]1CO. The molecule has 0 amide bonds. The summed E-state index contributed by atoms with van der Waals surface area (Å²) < 4.78 is 40.1. The second-order valence-electron chi connectivity index (χ2n) is 5.68. The first kappa shape index (κ1) is 20.3. The largest absolute Gasteiger partial charge is 0.397 e. The number of ether oxygens (including phenoxy) is 1. The van der Waals surface area contributed by atoms with Gasteiger partial charge >= 0.3 is 10.4 Å². The lowest BCUT2D eigenvalue weighted by molar-refractivity contribution is -0.272. The van der Waals surface area contributed by atoms with Gasteiger partial charge in [0.2, 0.25) is 0 Å². The minimum atomic E-state index is -4.98. The van der Waals surface area contributed by atoms with Crippen LogP contribution in [0.4, 0.5) is 0 Å². The highest BCUT2D eigenvalue weighted by molar-refractivity contribution is 7.97. The summed E-state index contributed by atoms with van der Waals surface area (Å²) in [6.45, 7) is -0.439. The third-order valence-electron chi connectivity index (χ3n) is 4.04. The number of aliphatic hydroxyl groups excluding tert-OH is 6. The van der Waals surface area contributed by atoms with Crippen molar-refractivity contribution in [2.24, 2.45) is 0 Å². The van der Waals surface area contributed by atoms with Gasteiger partial charge in [0.25, 0.3) is 0 Å². The lowest BCUT2D eigenvalue weighted by Gasteiger charge is -2.39. The molecule has 142 valence electrons. The lowest BCUT2D eigenvalue weighted by Crippen LogP contribution is -2.60. The Bertz CT molecular complexity index is 528. The third-order valence-corrected chi connectivity index (χ3v) is 7.31. The van der Waals surface area contributed by atoms with Gasteiger partial charge in [0.1, 0.15) is 48.1 Å². The Kier molecular flexibility index (Phi) is 6.47. The topological polar surface area (TPSA) is 194 Å². The van der Waals surface area contributed by atoms with Crippen LogP contribution in [0, 0.1) is 0 Å². The molecular weight excluding hydrogens is 372 g/mol. The highest BCUT2D eigenvalue weighted by Gasteiger charge is 2.54. The molecule has 0 aliphatic carbocycles. The maximum Gasteiger partial charge on any atom is 0.397 e. The van der Waals surface area contributed by atoms with E-state index in [0.717, 1.165) is 0 Å². The van der Waals surface area contributed by atoms with E-state index in [9.17, 15) is 39.1 Å². The van der Waals surface area contributed by atoms with E-state index in [4.69, 9.17) is 9.29 Å². The molecule has 2 unspecified atom stereocenters. The molecule has 2 fully saturated rings. The molecule has 0 aromatic rings. The van der Waals surface area contributed by atoms with Crippen LogP contribution >= 0.6 is 0 Å². The molecule has 11 nitrogen and oxygen atoms in total. The highest BCUT2D eigenvalue weighted by Crippen LogP contribution is 2.30. The molecule has 2 heterocycles. The van der Waals surface area contributed by atoms with Crippen molar-refractivity contribution in [3.63, 3.8) is 0 Å². The van der Waals surface area contributed by atoms with Crippen molar-refractivity contribution in [3.8, 4) is 0 Å². The Labute approximate surface area is 140 Å². The summed E-state index contributed by atoms with van der Waals surface area (Å²) in [4.78, 5) is 0. The predicted molar refractivity (Wildman–Crippen MR) is 79.3 cm³/mol. The zero-order valence-corrected chi connectivity index (χ0v) is 14.0. The van der Waals surface area contributed by atoms with Gasteiger partial charge in [-0.1, -0.05) is 0 Å². The van der Waals surface area contributed by atoms with Gasteiger partial charge in [-0.2, -0.15) is 8.42 Å². The first-order valence-electron chi connectivity index (χ1n) is 7.03. The average Bonchev–Trinajstić information content (AvgIpc) is 2.74. The first-order valence-corrected chi connectivity index (χ1v) is 10.0. The fourth-order valence-electron chi connectivity index (χ4n) is 2.82. The quantitative estimate of drug-likeness (QED) is 0.175. The molecule has 0 bridgehead atoms. The van der Waals surface area contributed by atoms with Gasteiger partial charge < -0.3 is 35.4 Å². The number of aliphatic hydroxyl groups is 6. The van der Waals surface area contributed by atoms with Crippen molar-refractivity contribution < 1.29 is 52.5 Å². The van der Waals surface area contributed by atoms with Crippen molar-refractivity contribution in [1.29, 1.82) is 0 Å². The molecule has 2 aliphatic rings. The van der Waals surface area contributed by atoms with E-state index in [1.807, 2.05) is 0 Å². The van der Waals surface area contributed by atoms with Gasteiger partial charge in [-0.15, -0.1) is 0 Å². The molecule has 7 N–H and O–H groups in total. The summed E-state index contributed by atoms with van der Waals surface area (Å²) >= 11 is 0. The standard InChI is InChI=1S/C11H20O11S2/c12-1-6-7(14)4(13)2-23(6)3-5-10(22-24(18,19)20)8(15)9(16)11(17)21-5/h4-17H,1-3H2/p+1/t4-,5-,6-,7+,8-,9-,10-,11?,23?/m1/s1. The van der Waals surface area contributed by atoms with Gasteiger partial charge in [-0.05, 0) is 0 Å². The number of rotatable bonds is 5. The smallest absolute Gasteiger partial charge is 0.391 e. The van der Waals surface area contributed by atoms with E-state index < -0.39 is 76.1 Å². The summed E-state index contributed by atoms with van der Waals surface area (Å²) in [6.07, 6.45) is -10.8. The van der Waals surface area contributed by atoms with Gasteiger partial charge in [0, 0.05) is 10.9 Å². The van der Waals surface area contributed by atoms with Crippen molar-refractivity contribution >= 4 is 21.3 Å². The van der Waals surface area contributed by atoms with Gasteiger partial charge in [0.15, 0.2) is 11.5 Å². The Balaban J connectivity index is 2.18. The van der Waals surface area contributed by atoms with Crippen LogP contribution in [0.1, 0.15) is 0 Å². The molecule has 2 rings (SSSR count). The van der Waals surface area contributed by atoms with Gasteiger partial charge in [-0.3, -0.25) is 4.55 Å². The summed E-state index contributed by atoms with van der Waals surface area (Å²) in [5.41, 5.74) is 0. The van der Waals surface area contributed by atoms with Crippen LogP contribution in [-0.2, 0) is 30.2 Å². The zero-order valence-electron chi connectivity index (χ0n) is 12.3. The van der Waals surface area contributed by atoms with E-state index in [-0.39, 0.29) is 11.5 Å². The van der Waals surface area contributed by atoms with E-state index in [1.165, 1.54) is 0 Å². The van der Waals surface area contributed by atoms with E-state index in [1.54, 1.807) is 0 Å². The average molecular weight is 393 g/mol. The summed E-state index contributed by atoms with van der Waals surface area (Å²) in [6, 6.07) is 0. The minimum absolute atomic E-state index is 0.0830. The summed E-state index contributed by atoms with van der Waals surface area (Å²) in [5, 5.41) is 57.2. The molecule has 13 heteroatoms. The predicted octanol–water partition coefficient (Wildman–Crippen LogP) is -4.67. The molecule has 0 spiro atoms. The fourth-order valence-corrected chi connectivity index (χ4v) is 6.08. The minimum Gasteiger partial charge on any atom is -0.391 e. The van der Waals surface area contributed by atoms with E-state index >= 15 is 0 Å². The second kappa shape index (κ2) is 7.67. The van der Waals surface area contributed by atoms with Crippen molar-refractivity contribution in [3.05, 3.63) is 0 Å². The molecular formula is C11H21O11S2+. The molecule has 9 atom stereocenters. The summed E-state index contributed by atoms with van der Waals surface area (Å²) in [7, 11) is -5.83. The highest BCUT2D eigenvalue weighted by atomic mass is 32.3. The fraction of sp³-hybridized carbons (Fsp3) is 1.00. The summed E-state index contributed by atoms with van der Waals surface area (Å²) in [5.74, 6) is 0.0139. The van der Waals surface area contributed by atoms with E-state index in [2.05, 4.69) is 4.18 Å². The molecule has 24 heavy (non-hydrogen) atoms. The Hall–Kier alpha value is -0.0600. The van der Waals surface area contributed by atoms with Crippen LogP contribution in [0.25, 0.3) is 0 Å². The monoisotopic (exact) mass is 393 g/mol. The van der Waals surface area contributed by atoms with E-state index in [0.29, 0.717) is 0 Å². The molecule has 0 aromatic carbocycles. The molecule has 2 aliphatic heterocycles. The maximum atomic E-state index is 10.9. The van der Waals surface area contributed by atoms with Crippen LogP contribution in [-0.4, -0.2) is 110 Å². The molecule has 0 saturated carbocycles. The van der Waals surface area contributed by atoms with Crippen LogP contribution in [0.3, 0.4) is 0 Å². The maximum absolute atomic E-state index is 10.9. The van der Waals surface area contributed by atoms with Crippen LogP contribution in [0.15, 0.2) is 0 Å². The molecule has 2 saturated heterocycles. The first-order chi connectivity index (χ1) is 11.0. The van der Waals surface area contributed by atoms with Gasteiger partial charge in [0.05, 0.1) is 6.61 Å². The zero-order chi connectivity index (χ0) is 18.2. The van der Waals surface area contributed by atoms with Crippen molar-refractivity contribution in [2.75, 3.05) is 18.1 Å². The second-order valence-corrected chi connectivity index (χ2v) is 9.08. The van der Waals surface area contributed by atoms with Crippen molar-refractivity contribution in [1.82, 2.24) is 0 Å². The molecule has 0 radical (unpaired) electrons. The number of hydrogen-bond donors (Lipinski definition) is 7. The Morgan fingerprint density at radius 3 is 2.25 bits per heavy atom. The van der Waals surface area contributed by atoms with Gasteiger partial charge in [-0.25, -0.2) is 4.18 Å². The van der Waals surface area contributed by atoms with Crippen LogP contribution in [0.2, 0.25) is 0 Å². The lowest BCUT2D eigenvalue weighted by atomic mass is 10.0. The Morgan fingerprint density at radius 2 is 1.71 bits per heavy atom. The molecule has 0 aromatic heterocycles.